The Bertz CT molecular complexity index is 955. The van der Waals surface area contributed by atoms with Gasteiger partial charge in [-0.3, -0.25) is 4.79 Å². The van der Waals surface area contributed by atoms with Crippen LogP contribution in [0.15, 0.2) is 52.3 Å². The Balaban J connectivity index is 1.65. The van der Waals surface area contributed by atoms with Crippen LogP contribution >= 0.6 is 27.3 Å². The van der Waals surface area contributed by atoms with E-state index in [-0.39, 0.29) is 11.6 Å². The van der Waals surface area contributed by atoms with Gasteiger partial charge in [0.15, 0.2) is 0 Å². The highest BCUT2D eigenvalue weighted by Gasteiger charge is 2.13. The number of hydrogen-bond donors (Lipinski definition) is 1. The first-order valence-corrected chi connectivity index (χ1v) is 9.64. The predicted molar refractivity (Wildman–Crippen MR) is 107 cm³/mol. The lowest BCUT2D eigenvalue weighted by Crippen LogP contribution is -2.11. The summed E-state index contributed by atoms with van der Waals surface area (Å²) in [5.74, 6) is 0.0103. The van der Waals surface area contributed by atoms with Gasteiger partial charge < -0.3 is 10.1 Å². The van der Waals surface area contributed by atoms with Gasteiger partial charge in [-0.15, -0.1) is 11.3 Å². The molecule has 0 fully saturated rings. The fourth-order valence-corrected chi connectivity index (χ4v) is 3.51. The Hall–Kier alpha value is -2.18. The Morgan fingerprint density at radius 2 is 2.04 bits per heavy atom. The number of ether oxygens (including phenoxy) is 1. The van der Waals surface area contributed by atoms with Crippen LogP contribution in [0.3, 0.4) is 0 Å². The number of aryl methyl sites for hydroxylation is 1. The maximum atomic E-state index is 13.8. The standard InChI is InChI=1S/C20H17BrFNO2S/c1-12-4-3-5-18(13(12)2)25-10-14-8-19(26-11-14)20(24)23-17-7-6-15(21)9-16(17)22/h3-9,11H,10H2,1-2H3,(H,23,24). The van der Waals surface area contributed by atoms with Gasteiger partial charge in [-0.2, -0.15) is 0 Å². The quantitative estimate of drug-likeness (QED) is 0.527. The fraction of sp³-hybridized carbons (Fsp3) is 0.150. The van der Waals surface area contributed by atoms with E-state index in [0.717, 1.165) is 16.9 Å². The van der Waals surface area contributed by atoms with Gasteiger partial charge in [0, 0.05) is 10.0 Å². The van der Waals surface area contributed by atoms with Crippen molar-refractivity contribution >= 4 is 38.9 Å². The van der Waals surface area contributed by atoms with Crippen molar-refractivity contribution in [2.75, 3.05) is 5.32 Å². The molecule has 3 nitrogen and oxygen atoms in total. The van der Waals surface area contributed by atoms with Crippen LogP contribution in [-0.2, 0) is 6.61 Å². The molecule has 3 aromatic rings. The highest BCUT2D eigenvalue weighted by molar-refractivity contribution is 9.10. The third-order valence-corrected chi connectivity index (χ3v) is 5.48. The maximum Gasteiger partial charge on any atom is 0.265 e. The molecule has 26 heavy (non-hydrogen) atoms. The Kier molecular flexibility index (Phi) is 5.74. The Labute approximate surface area is 164 Å². The molecule has 0 saturated heterocycles. The first kappa shape index (κ1) is 18.6. The lowest BCUT2D eigenvalue weighted by Gasteiger charge is -2.09. The molecule has 1 N–H and O–H groups in total. The molecule has 0 aliphatic rings. The molecule has 1 aromatic heterocycles. The second-order valence-corrected chi connectivity index (χ2v) is 7.71. The van der Waals surface area contributed by atoms with Crippen molar-refractivity contribution in [1.82, 2.24) is 0 Å². The number of thiophene rings is 1. The first-order chi connectivity index (χ1) is 12.4. The lowest BCUT2D eigenvalue weighted by atomic mass is 10.1. The molecule has 2 aromatic carbocycles. The predicted octanol–water partition coefficient (Wildman–Crippen LogP) is 6.10. The van der Waals surface area contributed by atoms with Crippen LogP contribution in [-0.4, -0.2) is 5.91 Å². The smallest absolute Gasteiger partial charge is 0.265 e. The molecule has 0 unspecified atom stereocenters. The number of hydrogen-bond acceptors (Lipinski definition) is 3. The van der Waals surface area contributed by atoms with E-state index in [9.17, 15) is 9.18 Å². The van der Waals surface area contributed by atoms with E-state index in [1.54, 1.807) is 12.1 Å². The zero-order valence-electron chi connectivity index (χ0n) is 14.3. The molecule has 0 spiro atoms. The average Bonchev–Trinajstić information content (AvgIpc) is 3.08. The highest BCUT2D eigenvalue weighted by Crippen LogP contribution is 2.24. The van der Waals surface area contributed by atoms with Gasteiger partial charge >= 0.3 is 0 Å². The largest absolute Gasteiger partial charge is 0.489 e. The van der Waals surface area contributed by atoms with E-state index < -0.39 is 5.82 Å². The molecule has 3 rings (SSSR count). The normalized spacial score (nSPS) is 10.6. The van der Waals surface area contributed by atoms with Gasteiger partial charge in [0.05, 0.1) is 10.6 Å². The van der Waals surface area contributed by atoms with E-state index in [2.05, 4.69) is 21.2 Å². The number of carbonyl (C=O) groups is 1. The molecular formula is C20H17BrFNO2S. The maximum absolute atomic E-state index is 13.8. The zero-order chi connectivity index (χ0) is 18.7. The summed E-state index contributed by atoms with van der Waals surface area (Å²) < 4.78 is 20.3. The molecule has 6 heteroatoms. The number of carbonyl (C=O) groups excluding carboxylic acids is 1. The molecule has 0 aliphatic carbocycles. The summed E-state index contributed by atoms with van der Waals surface area (Å²) in [5.41, 5.74) is 3.33. The molecule has 0 atom stereocenters. The van der Waals surface area contributed by atoms with Gasteiger partial charge in [0.1, 0.15) is 18.2 Å². The van der Waals surface area contributed by atoms with Crippen molar-refractivity contribution in [1.29, 1.82) is 0 Å². The monoisotopic (exact) mass is 433 g/mol. The van der Waals surface area contributed by atoms with Crippen LogP contribution in [0.2, 0.25) is 0 Å². The van der Waals surface area contributed by atoms with E-state index in [4.69, 9.17) is 4.74 Å². The molecule has 0 radical (unpaired) electrons. The van der Waals surface area contributed by atoms with Crippen LogP contribution < -0.4 is 10.1 Å². The Morgan fingerprint density at radius 1 is 1.23 bits per heavy atom. The van der Waals surface area contributed by atoms with Crippen molar-refractivity contribution in [3.63, 3.8) is 0 Å². The fourth-order valence-electron chi connectivity index (χ4n) is 2.39. The van der Waals surface area contributed by atoms with Crippen LogP contribution in [0.25, 0.3) is 0 Å². The number of benzene rings is 2. The number of nitrogens with one attached hydrogen (secondary N) is 1. The van der Waals surface area contributed by atoms with Crippen molar-refractivity contribution in [2.45, 2.75) is 20.5 Å². The highest BCUT2D eigenvalue weighted by atomic mass is 79.9. The van der Waals surface area contributed by atoms with Crippen molar-refractivity contribution in [3.8, 4) is 5.75 Å². The molecular weight excluding hydrogens is 417 g/mol. The van der Waals surface area contributed by atoms with Crippen molar-refractivity contribution in [2.24, 2.45) is 0 Å². The summed E-state index contributed by atoms with van der Waals surface area (Å²) in [7, 11) is 0. The molecule has 134 valence electrons. The number of amides is 1. The number of anilines is 1. The van der Waals surface area contributed by atoms with Crippen LogP contribution in [0.1, 0.15) is 26.4 Å². The van der Waals surface area contributed by atoms with Crippen LogP contribution in [0.5, 0.6) is 5.75 Å². The third kappa shape index (κ3) is 4.31. The summed E-state index contributed by atoms with van der Waals surface area (Å²) in [6.07, 6.45) is 0. The second kappa shape index (κ2) is 8.01. The van der Waals surface area contributed by atoms with E-state index in [1.165, 1.54) is 29.0 Å². The average molecular weight is 434 g/mol. The minimum absolute atomic E-state index is 0.153. The van der Waals surface area contributed by atoms with Gasteiger partial charge in [0.25, 0.3) is 5.91 Å². The van der Waals surface area contributed by atoms with Crippen molar-refractivity contribution in [3.05, 3.63) is 79.7 Å². The Morgan fingerprint density at radius 3 is 2.81 bits per heavy atom. The molecule has 0 bridgehead atoms. The summed E-state index contributed by atoms with van der Waals surface area (Å²) in [6.45, 7) is 4.43. The van der Waals surface area contributed by atoms with Gasteiger partial charge in [0.2, 0.25) is 0 Å². The molecule has 0 saturated carbocycles. The number of halogens is 2. The van der Waals surface area contributed by atoms with E-state index >= 15 is 0 Å². The van der Waals surface area contributed by atoms with Gasteiger partial charge in [-0.25, -0.2) is 4.39 Å². The van der Waals surface area contributed by atoms with Gasteiger partial charge in [-0.05, 0) is 60.7 Å². The summed E-state index contributed by atoms with van der Waals surface area (Å²) >= 11 is 4.50. The third-order valence-electron chi connectivity index (χ3n) is 4.01. The van der Waals surface area contributed by atoms with Crippen LogP contribution in [0.4, 0.5) is 10.1 Å². The summed E-state index contributed by atoms with van der Waals surface area (Å²) in [4.78, 5) is 12.8. The van der Waals surface area contributed by atoms with E-state index in [1.807, 2.05) is 37.4 Å². The molecule has 0 aliphatic heterocycles. The lowest BCUT2D eigenvalue weighted by molar-refractivity contribution is 0.103. The van der Waals surface area contributed by atoms with E-state index in [0.29, 0.717) is 16.0 Å². The SMILES string of the molecule is Cc1cccc(OCc2csc(C(=O)Nc3ccc(Br)cc3F)c2)c1C. The first-order valence-electron chi connectivity index (χ1n) is 7.97. The number of rotatable bonds is 5. The molecule has 1 heterocycles. The van der Waals surface area contributed by atoms with Crippen LogP contribution in [0, 0.1) is 19.7 Å². The van der Waals surface area contributed by atoms with Gasteiger partial charge in [-0.1, -0.05) is 28.1 Å². The van der Waals surface area contributed by atoms with Crippen molar-refractivity contribution < 1.29 is 13.9 Å². The summed E-state index contributed by atoms with van der Waals surface area (Å²) in [6, 6.07) is 12.2. The minimum Gasteiger partial charge on any atom is -0.489 e. The molecule has 1 amide bonds. The second-order valence-electron chi connectivity index (χ2n) is 5.88. The summed E-state index contributed by atoms with van der Waals surface area (Å²) in [5, 5.41) is 4.47. The zero-order valence-corrected chi connectivity index (χ0v) is 16.7. The topological polar surface area (TPSA) is 38.3 Å². The minimum atomic E-state index is -0.484.